The van der Waals surface area contributed by atoms with E-state index in [1.807, 2.05) is 0 Å². The normalized spacial score (nSPS) is 10.7. The van der Waals surface area contributed by atoms with Crippen LogP contribution < -0.4 is 0 Å². The van der Waals surface area contributed by atoms with Crippen molar-refractivity contribution in [1.29, 1.82) is 0 Å². The first-order valence-electron chi connectivity index (χ1n) is 4.44. The van der Waals surface area contributed by atoms with Crippen LogP contribution in [0.15, 0.2) is 4.99 Å². The summed E-state index contributed by atoms with van der Waals surface area (Å²) in [5, 5.41) is 0. The minimum Gasteiger partial charge on any atom is -0.484 e. The number of hydrogen-bond acceptors (Lipinski definition) is 2. The molecule has 0 aliphatic rings. The summed E-state index contributed by atoms with van der Waals surface area (Å²) in [6, 6.07) is 0. The number of rotatable bonds is 7. The molecule has 0 atom stereocenters. The van der Waals surface area contributed by atoms with Crippen LogP contribution in [0.2, 0.25) is 0 Å². The molecule has 2 nitrogen and oxygen atoms in total. The first-order valence-corrected chi connectivity index (χ1v) is 4.44. The van der Waals surface area contributed by atoms with Gasteiger partial charge >= 0.3 is 0 Å². The van der Waals surface area contributed by atoms with Gasteiger partial charge in [0.2, 0.25) is 0 Å². The summed E-state index contributed by atoms with van der Waals surface area (Å²) in [5.41, 5.74) is 0. The Morgan fingerprint density at radius 1 is 1.18 bits per heavy atom. The van der Waals surface area contributed by atoms with Crippen LogP contribution in [0.25, 0.3) is 0 Å². The van der Waals surface area contributed by atoms with E-state index in [2.05, 4.69) is 11.9 Å². The van der Waals surface area contributed by atoms with Crippen molar-refractivity contribution in [3.05, 3.63) is 0 Å². The molecule has 0 saturated heterocycles. The van der Waals surface area contributed by atoms with Gasteiger partial charge in [-0.3, -0.25) is 4.99 Å². The van der Waals surface area contributed by atoms with E-state index in [0.29, 0.717) is 0 Å². The summed E-state index contributed by atoms with van der Waals surface area (Å²) in [7, 11) is 1.72. The van der Waals surface area contributed by atoms with Crippen LogP contribution >= 0.6 is 0 Å². The largest absolute Gasteiger partial charge is 0.484 e. The third-order valence-corrected chi connectivity index (χ3v) is 1.55. The molecule has 0 aliphatic carbocycles. The van der Waals surface area contributed by atoms with Gasteiger partial charge in [0.05, 0.1) is 6.61 Å². The smallest absolute Gasteiger partial charge is 0.169 e. The summed E-state index contributed by atoms with van der Waals surface area (Å²) in [6.45, 7) is 3.04. The Morgan fingerprint density at radius 2 is 1.91 bits per heavy atom. The highest BCUT2D eigenvalue weighted by Gasteiger charge is 1.87. The molecule has 0 bridgehead atoms. The molecule has 0 saturated carbocycles. The molecule has 2 heteroatoms. The minimum atomic E-state index is 0.820. The fraction of sp³-hybridized carbons (Fsp3) is 0.889. The molecule has 0 rings (SSSR count). The van der Waals surface area contributed by atoms with E-state index in [-0.39, 0.29) is 0 Å². The molecule has 0 aromatic carbocycles. The lowest BCUT2D eigenvalue weighted by atomic mass is 10.2. The van der Waals surface area contributed by atoms with Gasteiger partial charge in [-0.15, -0.1) is 0 Å². The predicted octanol–water partition coefficient (Wildman–Crippen LogP) is 2.63. The van der Waals surface area contributed by atoms with E-state index in [1.54, 1.807) is 7.05 Å². The lowest BCUT2D eigenvalue weighted by Crippen LogP contribution is -1.91. The lowest BCUT2D eigenvalue weighted by molar-refractivity contribution is 0.305. The predicted molar refractivity (Wildman–Crippen MR) is 49.1 cm³/mol. The van der Waals surface area contributed by atoms with Crippen molar-refractivity contribution in [2.75, 3.05) is 13.7 Å². The van der Waals surface area contributed by atoms with Crippen molar-refractivity contribution in [2.24, 2.45) is 4.99 Å². The van der Waals surface area contributed by atoms with Crippen LogP contribution in [0.5, 0.6) is 0 Å². The number of ether oxygens (including phenoxy) is 1. The first kappa shape index (κ1) is 10.5. The van der Waals surface area contributed by atoms with E-state index in [1.165, 1.54) is 32.1 Å². The third-order valence-electron chi connectivity index (χ3n) is 1.55. The van der Waals surface area contributed by atoms with Gasteiger partial charge in [0.25, 0.3) is 0 Å². The zero-order chi connectivity index (χ0) is 8.36. The fourth-order valence-electron chi connectivity index (χ4n) is 0.916. The maximum atomic E-state index is 5.07. The summed E-state index contributed by atoms with van der Waals surface area (Å²) < 4.78 is 5.07. The Morgan fingerprint density at radius 3 is 2.55 bits per heavy atom. The van der Waals surface area contributed by atoms with Crippen molar-refractivity contribution < 1.29 is 4.74 Å². The Kier molecular flexibility index (Phi) is 9.01. The highest BCUT2D eigenvalue weighted by Crippen LogP contribution is 2.01. The lowest BCUT2D eigenvalue weighted by Gasteiger charge is -1.98. The maximum Gasteiger partial charge on any atom is 0.169 e. The molecule has 0 aromatic heterocycles. The molecule has 0 N–H and O–H groups in total. The molecular weight excluding hydrogens is 138 g/mol. The van der Waals surface area contributed by atoms with E-state index >= 15 is 0 Å². The molecule has 0 unspecified atom stereocenters. The summed E-state index contributed by atoms with van der Waals surface area (Å²) in [4.78, 5) is 3.72. The maximum absolute atomic E-state index is 5.07. The number of aliphatic imine (C=N–C) groups is 1. The average molecular weight is 157 g/mol. The monoisotopic (exact) mass is 157 g/mol. The summed E-state index contributed by atoms with van der Waals surface area (Å²) in [6.07, 6.45) is 7.94. The second-order valence-corrected chi connectivity index (χ2v) is 2.65. The van der Waals surface area contributed by atoms with Crippen LogP contribution in [0, 0.1) is 0 Å². The minimum absolute atomic E-state index is 0.820. The van der Waals surface area contributed by atoms with Crippen LogP contribution in [-0.2, 0) is 4.74 Å². The molecule has 0 aliphatic heterocycles. The van der Waals surface area contributed by atoms with Crippen molar-refractivity contribution in [1.82, 2.24) is 0 Å². The number of nitrogens with zero attached hydrogens (tertiary/aromatic N) is 1. The second-order valence-electron chi connectivity index (χ2n) is 2.65. The van der Waals surface area contributed by atoms with E-state index in [9.17, 15) is 0 Å². The summed E-state index contributed by atoms with van der Waals surface area (Å²) >= 11 is 0. The van der Waals surface area contributed by atoms with Gasteiger partial charge in [0.15, 0.2) is 6.40 Å². The first-order chi connectivity index (χ1) is 5.41. The Labute approximate surface area is 69.7 Å². The standard InChI is InChI=1S/C9H19NO/c1-3-4-5-6-7-8-11-9-10-2/h9H,3-8H2,1-2H3. The van der Waals surface area contributed by atoms with Gasteiger partial charge in [-0.05, 0) is 6.42 Å². The Bertz CT molecular complexity index is 91.6. The number of unbranched alkanes of at least 4 members (excludes halogenated alkanes) is 4. The Balaban J connectivity index is 2.79. The molecule has 0 spiro atoms. The van der Waals surface area contributed by atoms with Gasteiger partial charge in [0.1, 0.15) is 0 Å². The summed E-state index contributed by atoms with van der Waals surface area (Å²) in [5.74, 6) is 0. The van der Waals surface area contributed by atoms with E-state index < -0.39 is 0 Å². The van der Waals surface area contributed by atoms with Crippen molar-refractivity contribution in [3.63, 3.8) is 0 Å². The third kappa shape index (κ3) is 9.47. The topological polar surface area (TPSA) is 21.6 Å². The molecular formula is C9H19NO. The Hall–Kier alpha value is -0.530. The van der Waals surface area contributed by atoms with Gasteiger partial charge in [-0.1, -0.05) is 32.6 Å². The fourth-order valence-corrected chi connectivity index (χ4v) is 0.916. The van der Waals surface area contributed by atoms with Crippen LogP contribution in [0.3, 0.4) is 0 Å². The van der Waals surface area contributed by atoms with E-state index in [4.69, 9.17) is 4.74 Å². The highest BCUT2D eigenvalue weighted by atomic mass is 16.5. The van der Waals surface area contributed by atoms with Crippen LogP contribution in [0.4, 0.5) is 0 Å². The van der Waals surface area contributed by atoms with E-state index in [0.717, 1.165) is 13.0 Å². The van der Waals surface area contributed by atoms with Crippen LogP contribution in [0.1, 0.15) is 39.0 Å². The quantitative estimate of drug-likeness (QED) is 0.316. The zero-order valence-electron chi connectivity index (χ0n) is 7.68. The molecule has 0 aromatic rings. The van der Waals surface area contributed by atoms with Gasteiger partial charge in [-0.25, -0.2) is 0 Å². The van der Waals surface area contributed by atoms with Crippen molar-refractivity contribution in [3.8, 4) is 0 Å². The molecule has 0 heterocycles. The van der Waals surface area contributed by atoms with Gasteiger partial charge in [-0.2, -0.15) is 0 Å². The molecule has 0 fully saturated rings. The van der Waals surface area contributed by atoms with Crippen molar-refractivity contribution in [2.45, 2.75) is 39.0 Å². The second kappa shape index (κ2) is 9.47. The molecule has 0 radical (unpaired) electrons. The number of hydrogen-bond donors (Lipinski definition) is 0. The molecule has 66 valence electrons. The zero-order valence-corrected chi connectivity index (χ0v) is 7.68. The van der Waals surface area contributed by atoms with Crippen molar-refractivity contribution >= 4 is 6.40 Å². The molecule has 0 amide bonds. The SMILES string of the molecule is CCCCCCCOC=NC. The van der Waals surface area contributed by atoms with Gasteiger partial charge < -0.3 is 4.74 Å². The van der Waals surface area contributed by atoms with Crippen LogP contribution in [-0.4, -0.2) is 20.1 Å². The molecule has 11 heavy (non-hydrogen) atoms. The highest BCUT2D eigenvalue weighted by molar-refractivity contribution is 5.45. The average Bonchev–Trinajstić information content (AvgIpc) is 2.03. The van der Waals surface area contributed by atoms with Gasteiger partial charge in [0, 0.05) is 7.05 Å².